The molecule has 18 heavy (non-hydrogen) atoms. The van der Waals surface area contributed by atoms with E-state index >= 15 is 0 Å². The summed E-state index contributed by atoms with van der Waals surface area (Å²) in [7, 11) is 0. The molecule has 0 amide bonds. The van der Waals surface area contributed by atoms with Crippen molar-refractivity contribution in [2.24, 2.45) is 10.3 Å². The zero-order valence-corrected chi connectivity index (χ0v) is 11.0. The van der Waals surface area contributed by atoms with Gasteiger partial charge in [0.2, 0.25) is 0 Å². The minimum absolute atomic E-state index is 0.802. The quantitative estimate of drug-likeness (QED) is 0.552. The zero-order chi connectivity index (χ0) is 12.5. The molecule has 6 heteroatoms. The molecule has 0 atom stereocenters. The topological polar surface area (TPSA) is 77.8 Å². The Balaban J connectivity index is 2.42. The standard InChI is InChI=1S/C12H10N4S2/c13-17-10-6-5-9-11(12(10)18-14)16-8-4-2-1-3-7(8)15-9/h1-6H,13-14H2. The van der Waals surface area contributed by atoms with Gasteiger partial charge < -0.3 is 0 Å². The molecule has 90 valence electrons. The summed E-state index contributed by atoms with van der Waals surface area (Å²) in [6.07, 6.45) is 0. The highest BCUT2D eigenvalue weighted by Crippen LogP contribution is 2.32. The molecule has 0 saturated carbocycles. The van der Waals surface area contributed by atoms with Crippen LogP contribution < -0.4 is 10.3 Å². The summed E-state index contributed by atoms with van der Waals surface area (Å²) in [4.78, 5) is 11.0. The lowest BCUT2D eigenvalue weighted by atomic mass is 10.2. The van der Waals surface area contributed by atoms with Gasteiger partial charge in [-0.25, -0.2) is 9.97 Å². The number of aromatic nitrogens is 2. The first-order valence-electron chi connectivity index (χ1n) is 5.26. The van der Waals surface area contributed by atoms with Crippen LogP contribution in [-0.4, -0.2) is 9.97 Å². The molecule has 4 N–H and O–H groups in total. The van der Waals surface area contributed by atoms with E-state index in [0.29, 0.717) is 0 Å². The van der Waals surface area contributed by atoms with Gasteiger partial charge in [-0.05, 0) is 48.2 Å². The first-order valence-corrected chi connectivity index (χ1v) is 7.02. The van der Waals surface area contributed by atoms with Gasteiger partial charge >= 0.3 is 0 Å². The molecule has 4 nitrogen and oxygen atoms in total. The van der Waals surface area contributed by atoms with E-state index in [1.165, 1.54) is 11.9 Å². The minimum Gasteiger partial charge on any atom is -0.274 e. The average molecular weight is 274 g/mol. The van der Waals surface area contributed by atoms with Crippen LogP contribution in [0.4, 0.5) is 0 Å². The summed E-state index contributed by atoms with van der Waals surface area (Å²) >= 11 is 2.33. The lowest BCUT2D eigenvalue weighted by Crippen LogP contribution is -1.94. The van der Waals surface area contributed by atoms with Gasteiger partial charge in [0, 0.05) is 4.90 Å². The second kappa shape index (κ2) is 4.74. The number of nitrogens with zero attached hydrogens (tertiary/aromatic N) is 2. The average Bonchev–Trinajstić information content (AvgIpc) is 2.43. The van der Waals surface area contributed by atoms with E-state index in [-0.39, 0.29) is 0 Å². The van der Waals surface area contributed by atoms with E-state index in [0.717, 1.165) is 43.8 Å². The van der Waals surface area contributed by atoms with Gasteiger partial charge in [0.25, 0.3) is 0 Å². The van der Waals surface area contributed by atoms with Crippen molar-refractivity contribution in [3.05, 3.63) is 36.4 Å². The number of hydrogen-bond acceptors (Lipinski definition) is 6. The normalized spacial score (nSPS) is 11.2. The summed E-state index contributed by atoms with van der Waals surface area (Å²) in [5.41, 5.74) is 3.38. The van der Waals surface area contributed by atoms with Gasteiger partial charge in [0.1, 0.15) is 5.52 Å². The van der Waals surface area contributed by atoms with Crippen molar-refractivity contribution in [1.29, 1.82) is 0 Å². The summed E-state index contributed by atoms with van der Waals surface area (Å²) in [6.45, 7) is 0. The van der Waals surface area contributed by atoms with Gasteiger partial charge in [0.05, 0.1) is 21.4 Å². The second-order valence-corrected chi connectivity index (χ2v) is 5.03. The Morgan fingerprint density at radius 2 is 1.50 bits per heavy atom. The van der Waals surface area contributed by atoms with E-state index in [2.05, 4.69) is 9.97 Å². The number of fused-ring (bicyclic) bond motifs is 2. The second-order valence-electron chi connectivity index (χ2n) is 3.71. The maximum Gasteiger partial charge on any atom is 0.105 e. The Labute approximate surface area is 112 Å². The smallest absolute Gasteiger partial charge is 0.105 e. The zero-order valence-electron chi connectivity index (χ0n) is 9.33. The molecule has 1 heterocycles. The number of rotatable bonds is 2. The summed E-state index contributed by atoms with van der Waals surface area (Å²) in [5, 5.41) is 11.3. The van der Waals surface area contributed by atoms with E-state index in [4.69, 9.17) is 10.3 Å². The molecule has 1 aromatic heterocycles. The fraction of sp³-hybridized carbons (Fsp3) is 0. The molecule has 0 fully saturated rings. The molecule has 2 aromatic carbocycles. The van der Waals surface area contributed by atoms with Crippen molar-refractivity contribution in [1.82, 2.24) is 9.97 Å². The van der Waals surface area contributed by atoms with E-state index in [9.17, 15) is 0 Å². The van der Waals surface area contributed by atoms with E-state index < -0.39 is 0 Å². The predicted molar refractivity (Wildman–Crippen MR) is 77.1 cm³/mol. The van der Waals surface area contributed by atoms with Crippen molar-refractivity contribution in [2.45, 2.75) is 9.79 Å². The van der Waals surface area contributed by atoms with Crippen molar-refractivity contribution in [2.75, 3.05) is 0 Å². The highest BCUT2D eigenvalue weighted by atomic mass is 32.2. The highest BCUT2D eigenvalue weighted by molar-refractivity contribution is 8.00. The lowest BCUT2D eigenvalue weighted by molar-refractivity contribution is 1.24. The van der Waals surface area contributed by atoms with Gasteiger partial charge in [-0.2, -0.15) is 0 Å². The van der Waals surface area contributed by atoms with Gasteiger partial charge in [0.15, 0.2) is 0 Å². The molecule has 0 bridgehead atoms. The molecular formula is C12H10N4S2. The van der Waals surface area contributed by atoms with Crippen LogP contribution in [0.2, 0.25) is 0 Å². The predicted octanol–water partition coefficient (Wildman–Crippen LogP) is 2.71. The maximum atomic E-state index is 5.72. The molecule has 0 aliphatic heterocycles. The minimum atomic E-state index is 0.802. The maximum absolute atomic E-state index is 5.72. The van der Waals surface area contributed by atoms with Crippen LogP contribution in [0.25, 0.3) is 22.1 Å². The first kappa shape index (κ1) is 11.7. The van der Waals surface area contributed by atoms with Crippen molar-refractivity contribution < 1.29 is 0 Å². The van der Waals surface area contributed by atoms with E-state index in [1.807, 2.05) is 36.4 Å². The van der Waals surface area contributed by atoms with Crippen molar-refractivity contribution in [3.63, 3.8) is 0 Å². The van der Waals surface area contributed by atoms with Crippen molar-refractivity contribution >= 4 is 46.0 Å². The van der Waals surface area contributed by atoms with Crippen LogP contribution in [0.1, 0.15) is 0 Å². The summed E-state index contributed by atoms with van der Waals surface area (Å²) < 4.78 is 0. The molecular weight excluding hydrogens is 264 g/mol. The Morgan fingerprint density at radius 3 is 2.17 bits per heavy atom. The molecule has 0 saturated heterocycles. The van der Waals surface area contributed by atoms with Crippen molar-refractivity contribution in [3.8, 4) is 0 Å². The van der Waals surface area contributed by atoms with Crippen LogP contribution in [0.5, 0.6) is 0 Å². The molecule has 0 aliphatic carbocycles. The SMILES string of the molecule is NSc1ccc2nc3ccccc3nc2c1SN. The monoisotopic (exact) mass is 274 g/mol. The van der Waals surface area contributed by atoms with Gasteiger partial charge in [-0.1, -0.05) is 12.1 Å². The largest absolute Gasteiger partial charge is 0.274 e. The number of hydrogen-bond donors (Lipinski definition) is 2. The molecule has 3 rings (SSSR count). The highest BCUT2D eigenvalue weighted by Gasteiger charge is 2.10. The molecule has 0 radical (unpaired) electrons. The molecule has 0 aliphatic rings. The van der Waals surface area contributed by atoms with Gasteiger partial charge in [-0.15, -0.1) is 0 Å². The van der Waals surface area contributed by atoms with Crippen LogP contribution in [-0.2, 0) is 0 Å². The third-order valence-corrected chi connectivity index (χ3v) is 4.05. The lowest BCUT2D eigenvalue weighted by Gasteiger charge is -2.08. The summed E-state index contributed by atoms with van der Waals surface area (Å²) in [6, 6.07) is 11.6. The fourth-order valence-corrected chi connectivity index (χ4v) is 2.94. The Kier molecular flexibility index (Phi) is 3.09. The number of para-hydroxylation sites is 2. The van der Waals surface area contributed by atoms with Crippen LogP contribution >= 0.6 is 23.9 Å². The van der Waals surface area contributed by atoms with E-state index in [1.54, 1.807) is 0 Å². The Hall–Kier alpha value is -1.34. The third-order valence-electron chi connectivity index (χ3n) is 2.67. The molecule has 0 spiro atoms. The summed E-state index contributed by atoms with van der Waals surface area (Å²) in [5.74, 6) is 0. The van der Waals surface area contributed by atoms with Crippen LogP contribution in [0.15, 0.2) is 46.2 Å². The Morgan fingerprint density at radius 1 is 0.778 bits per heavy atom. The van der Waals surface area contributed by atoms with Crippen LogP contribution in [0.3, 0.4) is 0 Å². The Bertz CT molecular complexity index is 730. The molecule has 0 unspecified atom stereocenters. The first-order chi connectivity index (χ1) is 8.83. The number of benzene rings is 2. The van der Waals surface area contributed by atoms with Crippen LogP contribution in [0, 0.1) is 0 Å². The third kappa shape index (κ3) is 1.83. The number of nitrogens with two attached hydrogens (primary N) is 2. The van der Waals surface area contributed by atoms with Gasteiger partial charge in [-0.3, -0.25) is 10.3 Å². The molecule has 3 aromatic rings. The fourth-order valence-electron chi connectivity index (χ4n) is 1.85.